The third-order valence-corrected chi connectivity index (χ3v) is 5.44. The van der Waals surface area contributed by atoms with Gasteiger partial charge in [0.1, 0.15) is 10.7 Å². The quantitative estimate of drug-likeness (QED) is 0.877. The molecule has 1 heterocycles. The number of hydrogen-bond acceptors (Lipinski definition) is 5. The standard InChI is InChI=1S/C15H26N4OS/c1-4-19(5-2)15-18-13(16)12(21-15)14(20)17-11-9-7-6-8-10(11)3/h10-11H,4-9,16H2,1-3H3,(H,17,20). The van der Waals surface area contributed by atoms with Gasteiger partial charge in [-0.3, -0.25) is 4.79 Å². The van der Waals surface area contributed by atoms with Gasteiger partial charge in [0.15, 0.2) is 5.13 Å². The molecule has 2 unspecified atom stereocenters. The Morgan fingerprint density at radius 3 is 2.67 bits per heavy atom. The molecule has 1 fully saturated rings. The number of nitrogens with one attached hydrogen (secondary N) is 1. The summed E-state index contributed by atoms with van der Waals surface area (Å²) in [5.74, 6) is 0.823. The van der Waals surface area contributed by atoms with Crippen LogP contribution >= 0.6 is 11.3 Å². The van der Waals surface area contributed by atoms with Gasteiger partial charge in [-0.25, -0.2) is 4.98 Å². The lowest BCUT2D eigenvalue weighted by Crippen LogP contribution is -2.41. The van der Waals surface area contributed by atoms with Gasteiger partial charge in [0.05, 0.1) is 0 Å². The van der Waals surface area contributed by atoms with E-state index in [4.69, 9.17) is 5.73 Å². The fourth-order valence-electron chi connectivity index (χ4n) is 2.88. The van der Waals surface area contributed by atoms with Crippen LogP contribution in [0.15, 0.2) is 0 Å². The van der Waals surface area contributed by atoms with Crippen molar-refractivity contribution in [3.63, 3.8) is 0 Å². The largest absolute Gasteiger partial charge is 0.382 e. The van der Waals surface area contributed by atoms with Gasteiger partial charge in [-0.05, 0) is 32.6 Å². The van der Waals surface area contributed by atoms with Crippen LogP contribution in [0.5, 0.6) is 0 Å². The van der Waals surface area contributed by atoms with Crippen molar-refractivity contribution >= 4 is 28.2 Å². The molecule has 6 heteroatoms. The Bertz CT molecular complexity index is 484. The van der Waals surface area contributed by atoms with Crippen LogP contribution in [0.4, 0.5) is 10.9 Å². The number of carbonyl (C=O) groups is 1. The first-order chi connectivity index (χ1) is 10.1. The van der Waals surface area contributed by atoms with E-state index in [1.165, 1.54) is 30.6 Å². The molecule has 21 heavy (non-hydrogen) atoms. The Hall–Kier alpha value is -1.30. The van der Waals surface area contributed by atoms with E-state index in [1.807, 2.05) is 0 Å². The zero-order valence-corrected chi connectivity index (χ0v) is 14.0. The molecule has 1 aromatic rings. The van der Waals surface area contributed by atoms with Crippen molar-refractivity contribution in [2.45, 2.75) is 52.5 Å². The van der Waals surface area contributed by atoms with E-state index in [-0.39, 0.29) is 11.9 Å². The lowest BCUT2D eigenvalue weighted by atomic mass is 9.86. The summed E-state index contributed by atoms with van der Waals surface area (Å²) in [5.41, 5.74) is 5.94. The minimum atomic E-state index is -0.0674. The van der Waals surface area contributed by atoms with Gasteiger partial charge in [0.25, 0.3) is 5.91 Å². The smallest absolute Gasteiger partial charge is 0.265 e. The number of rotatable bonds is 5. The van der Waals surface area contributed by atoms with Crippen molar-refractivity contribution in [1.29, 1.82) is 0 Å². The first-order valence-electron chi connectivity index (χ1n) is 7.88. The number of nitrogen functional groups attached to an aromatic ring is 1. The van der Waals surface area contributed by atoms with Crippen molar-refractivity contribution in [3.8, 4) is 0 Å². The third kappa shape index (κ3) is 3.67. The van der Waals surface area contributed by atoms with Gasteiger partial charge >= 0.3 is 0 Å². The fraction of sp³-hybridized carbons (Fsp3) is 0.733. The molecule has 1 aliphatic rings. The highest BCUT2D eigenvalue weighted by atomic mass is 32.1. The number of aromatic nitrogens is 1. The average Bonchev–Trinajstić information content (AvgIpc) is 2.85. The Kier molecular flexibility index (Phi) is 5.45. The van der Waals surface area contributed by atoms with Crippen LogP contribution in [0.2, 0.25) is 0 Å². The number of thiazole rings is 1. The molecule has 0 spiro atoms. The fourth-order valence-corrected chi connectivity index (χ4v) is 3.89. The number of nitrogens with two attached hydrogens (primary N) is 1. The Labute approximate surface area is 130 Å². The van der Waals surface area contributed by atoms with Gasteiger partial charge in [-0.1, -0.05) is 31.1 Å². The summed E-state index contributed by atoms with van der Waals surface area (Å²) in [6, 6.07) is 0.268. The molecule has 3 N–H and O–H groups in total. The monoisotopic (exact) mass is 310 g/mol. The van der Waals surface area contributed by atoms with Crippen molar-refractivity contribution < 1.29 is 4.79 Å². The predicted octanol–water partition coefficient (Wildman–Crippen LogP) is 2.88. The second kappa shape index (κ2) is 7.11. The minimum absolute atomic E-state index is 0.0674. The van der Waals surface area contributed by atoms with Crippen LogP contribution in [0.25, 0.3) is 0 Å². The van der Waals surface area contributed by atoms with Crippen LogP contribution in [-0.4, -0.2) is 30.0 Å². The SMILES string of the molecule is CCN(CC)c1nc(N)c(C(=O)NC2CCCCC2C)s1. The normalized spacial score (nSPS) is 22.0. The molecule has 5 nitrogen and oxygen atoms in total. The topological polar surface area (TPSA) is 71.2 Å². The van der Waals surface area contributed by atoms with Crippen molar-refractivity contribution in [2.24, 2.45) is 5.92 Å². The summed E-state index contributed by atoms with van der Waals surface area (Å²) >= 11 is 1.39. The van der Waals surface area contributed by atoms with Crippen LogP contribution in [0.3, 0.4) is 0 Å². The van der Waals surface area contributed by atoms with Gasteiger partial charge in [-0.15, -0.1) is 0 Å². The summed E-state index contributed by atoms with van der Waals surface area (Å²) in [5, 5.41) is 3.98. The highest BCUT2D eigenvalue weighted by Crippen LogP contribution is 2.29. The zero-order chi connectivity index (χ0) is 15.4. The van der Waals surface area contributed by atoms with E-state index in [0.29, 0.717) is 16.6 Å². The lowest BCUT2D eigenvalue weighted by molar-refractivity contribution is 0.0915. The third-order valence-electron chi connectivity index (χ3n) is 4.31. The summed E-state index contributed by atoms with van der Waals surface area (Å²) in [6.45, 7) is 8.09. The molecule has 2 rings (SSSR count). The molecule has 0 aromatic carbocycles. The van der Waals surface area contributed by atoms with E-state index in [1.54, 1.807) is 0 Å². The van der Waals surface area contributed by atoms with Crippen LogP contribution < -0.4 is 16.0 Å². The first-order valence-corrected chi connectivity index (χ1v) is 8.70. The van der Waals surface area contributed by atoms with Gasteiger partial charge < -0.3 is 16.0 Å². The molecule has 0 bridgehead atoms. The molecule has 1 aliphatic carbocycles. The maximum atomic E-state index is 12.5. The molecular formula is C15H26N4OS. The molecule has 1 saturated carbocycles. The maximum absolute atomic E-state index is 12.5. The highest BCUT2D eigenvalue weighted by Gasteiger charge is 2.25. The van der Waals surface area contributed by atoms with E-state index in [2.05, 4.69) is 36.0 Å². The van der Waals surface area contributed by atoms with Crippen molar-refractivity contribution in [2.75, 3.05) is 23.7 Å². The average molecular weight is 310 g/mol. The van der Waals surface area contributed by atoms with E-state index in [9.17, 15) is 4.79 Å². The van der Waals surface area contributed by atoms with Gasteiger partial charge in [0.2, 0.25) is 0 Å². The predicted molar refractivity (Wildman–Crippen MR) is 89.0 cm³/mol. The summed E-state index contributed by atoms with van der Waals surface area (Å²) in [4.78, 5) is 19.5. The number of hydrogen-bond donors (Lipinski definition) is 2. The number of anilines is 2. The van der Waals surface area contributed by atoms with Gasteiger partial charge in [-0.2, -0.15) is 0 Å². The van der Waals surface area contributed by atoms with E-state index in [0.717, 1.165) is 24.6 Å². The van der Waals surface area contributed by atoms with Crippen LogP contribution in [-0.2, 0) is 0 Å². The Morgan fingerprint density at radius 2 is 2.05 bits per heavy atom. The summed E-state index contributed by atoms with van der Waals surface area (Å²) in [6.07, 6.45) is 4.71. The van der Waals surface area contributed by atoms with Crippen LogP contribution in [0.1, 0.15) is 56.1 Å². The number of nitrogens with zero attached hydrogens (tertiary/aromatic N) is 2. The molecule has 0 saturated heterocycles. The zero-order valence-electron chi connectivity index (χ0n) is 13.2. The number of amides is 1. The maximum Gasteiger partial charge on any atom is 0.265 e. The Balaban J connectivity index is 2.08. The highest BCUT2D eigenvalue weighted by molar-refractivity contribution is 7.18. The van der Waals surface area contributed by atoms with Crippen molar-refractivity contribution in [3.05, 3.63) is 4.88 Å². The van der Waals surface area contributed by atoms with Gasteiger partial charge in [0, 0.05) is 19.1 Å². The molecule has 0 radical (unpaired) electrons. The summed E-state index contributed by atoms with van der Waals surface area (Å²) < 4.78 is 0. The second-order valence-corrected chi connectivity index (χ2v) is 6.70. The lowest BCUT2D eigenvalue weighted by Gasteiger charge is -2.29. The van der Waals surface area contributed by atoms with E-state index >= 15 is 0 Å². The van der Waals surface area contributed by atoms with Crippen LogP contribution in [0, 0.1) is 5.92 Å². The molecule has 118 valence electrons. The Morgan fingerprint density at radius 1 is 1.38 bits per heavy atom. The molecular weight excluding hydrogens is 284 g/mol. The molecule has 1 aromatic heterocycles. The van der Waals surface area contributed by atoms with Crippen molar-refractivity contribution in [1.82, 2.24) is 10.3 Å². The molecule has 0 aliphatic heterocycles. The van der Waals surface area contributed by atoms with E-state index < -0.39 is 0 Å². The number of carbonyl (C=O) groups excluding carboxylic acids is 1. The first kappa shape index (κ1) is 16.1. The molecule has 1 amide bonds. The second-order valence-electron chi connectivity index (χ2n) is 5.72. The molecule has 2 atom stereocenters. The minimum Gasteiger partial charge on any atom is -0.382 e. The summed E-state index contributed by atoms with van der Waals surface area (Å²) in [7, 11) is 0.